The predicted octanol–water partition coefficient (Wildman–Crippen LogP) is 3.32. The van der Waals surface area contributed by atoms with E-state index in [0.29, 0.717) is 0 Å². The molecular weight excluding hydrogens is 416 g/mol. The smallest absolute Gasteiger partial charge is 0.338 e. The standard InChI is InChI=1S/C20H29ClN2O5S/c1-5-22(6-2)29(26,27)18-12-16(10-11-17(18)21)20(25)28-13-19(24)23-14(3)8-7-9-15(23)4/h10-12,14-15H,5-9,13H2,1-4H3/t14-,15-/m0/s1. The van der Waals surface area contributed by atoms with E-state index >= 15 is 0 Å². The molecule has 1 fully saturated rings. The zero-order valence-electron chi connectivity index (χ0n) is 17.4. The van der Waals surface area contributed by atoms with Crippen LogP contribution in [0.1, 0.15) is 57.3 Å². The number of amides is 1. The maximum absolute atomic E-state index is 12.8. The molecule has 0 saturated carbocycles. The number of hydrogen-bond donors (Lipinski definition) is 0. The van der Waals surface area contributed by atoms with Gasteiger partial charge in [0.1, 0.15) is 4.90 Å². The van der Waals surface area contributed by atoms with Crippen LogP contribution >= 0.6 is 11.6 Å². The molecule has 1 amide bonds. The van der Waals surface area contributed by atoms with E-state index in [1.54, 1.807) is 18.7 Å². The van der Waals surface area contributed by atoms with Gasteiger partial charge in [-0.2, -0.15) is 4.31 Å². The number of esters is 1. The molecule has 0 spiro atoms. The van der Waals surface area contributed by atoms with E-state index in [9.17, 15) is 18.0 Å². The summed E-state index contributed by atoms with van der Waals surface area (Å²) in [5.74, 6) is -1.01. The van der Waals surface area contributed by atoms with Gasteiger partial charge in [-0.1, -0.05) is 25.4 Å². The fourth-order valence-electron chi connectivity index (χ4n) is 3.73. The molecule has 0 radical (unpaired) electrons. The Hall–Kier alpha value is -1.64. The van der Waals surface area contributed by atoms with Crippen LogP contribution in [0.5, 0.6) is 0 Å². The van der Waals surface area contributed by atoms with Gasteiger partial charge < -0.3 is 9.64 Å². The molecule has 1 heterocycles. The number of piperidine rings is 1. The first-order valence-corrected chi connectivity index (χ1v) is 11.7. The highest BCUT2D eigenvalue weighted by Gasteiger charge is 2.30. The molecule has 1 aromatic rings. The van der Waals surface area contributed by atoms with Gasteiger partial charge in [-0.15, -0.1) is 0 Å². The van der Waals surface area contributed by atoms with Crippen LogP contribution < -0.4 is 0 Å². The quantitative estimate of drug-likeness (QED) is 0.602. The van der Waals surface area contributed by atoms with E-state index in [2.05, 4.69) is 0 Å². The van der Waals surface area contributed by atoms with E-state index in [4.69, 9.17) is 16.3 Å². The fourth-order valence-corrected chi connectivity index (χ4v) is 5.69. The molecule has 1 aromatic carbocycles. The fraction of sp³-hybridized carbons (Fsp3) is 0.600. The number of ether oxygens (including phenoxy) is 1. The number of likely N-dealkylation sites (tertiary alicyclic amines) is 1. The zero-order chi connectivity index (χ0) is 21.8. The molecule has 0 aliphatic carbocycles. The number of carbonyl (C=O) groups excluding carboxylic acids is 2. The van der Waals surface area contributed by atoms with Crippen LogP contribution in [0.25, 0.3) is 0 Å². The first kappa shape index (κ1) is 23.6. The number of sulfonamides is 1. The average molecular weight is 445 g/mol. The van der Waals surface area contributed by atoms with Crippen LogP contribution in [0.2, 0.25) is 5.02 Å². The van der Waals surface area contributed by atoms with Crippen molar-refractivity contribution in [3.63, 3.8) is 0 Å². The Labute approximate surface area is 178 Å². The Morgan fingerprint density at radius 2 is 1.76 bits per heavy atom. The van der Waals surface area contributed by atoms with Crippen molar-refractivity contribution in [1.29, 1.82) is 0 Å². The first-order chi connectivity index (χ1) is 13.6. The Morgan fingerprint density at radius 1 is 1.17 bits per heavy atom. The summed E-state index contributed by atoms with van der Waals surface area (Å²) in [6.45, 7) is 7.60. The summed E-state index contributed by atoms with van der Waals surface area (Å²) in [4.78, 5) is 26.6. The lowest BCUT2D eigenvalue weighted by molar-refractivity contribution is -0.140. The van der Waals surface area contributed by atoms with Crippen molar-refractivity contribution in [2.45, 2.75) is 63.9 Å². The number of rotatable bonds is 7. The van der Waals surface area contributed by atoms with E-state index in [1.165, 1.54) is 22.5 Å². The summed E-state index contributed by atoms with van der Waals surface area (Å²) < 4.78 is 32.0. The number of benzene rings is 1. The monoisotopic (exact) mass is 444 g/mol. The lowest BCUT2D eigenvalue weighted by atomic mass is 9.97. The van der Waals surface area contributed by atoms with Crippen LogP contribution in [0.4, 0.5) is 0 Å². The maximum atomic E-state index is 12.8. The molecule has 1 saturated heterocycles. The Morgan fingerprint density at radius 3 is 2.31 bits per heavy atom. The second-order valence-electron chi connectivity index (χ2n) is 7.24. The van der Waals surface area contributed by atoms with Crippen LogP contribution in [-0.4, -0.2) is 61.3 Å². The molecule has 162 valence electrons. The number of carbonyl (C=O) groups is 2. The summed E-state index contributed by atoms with van der Waals surface area (Å²) in [5, 5.41) is 0.0282. The molecule has 0 aromatic heterocycles. The highest BCUT2D eigenvalue weighted by molar-refractivity contribution is 7.89. The molecule has 2 atom stereocenters. The molecule has 0 unspecified atom stereocenters. The second kappa shape index (κ2) is 9.91. The highest BCUT2D eigenvalue weighted by Crippen LogP contribution is 2.26. The van der Waals surface area contributed by atoms with E-state index in [0.717, 1.165) is 19.3 Å². The SMILES string of the molecule is CCN(CC)S(=O)(=O)c1cc(C(=O)OCC(=O)N2[C@@H](C)CCC[C@@H]2C)ccc1Cl. The van der Waals surface area contributed by atoms with Crippen molar-refractivity contribution in [3.05, 3.63) is 28.8 Å². The van der Waals surface area contributed by atoms with Crippen LogP contribution in [-0.2, 0) is 19.6 Å². The normalized spacial score (nSPS) is 20.0. The molecule has 1 aliphatic heterocycles. The van der Waals surface area contributed by atoms with Gasteiger partial charge in [0.2, 0.25) is 10.0 Å². The van der Waals surface area contributed by atoms with Crippen LogP contribution in [0.3, 0.4) is 0 Å². The topological polar surface area (TPSA) is 84.0 Å². The minimum Gasteiger partial charge on any atom is -0.452 e. The van der Waals surface area contributed by atoms with Crippen molar-refractivity contribution >= 4 is 33.5 Å². The Kier molecular flexibility index (Phi) is 8.08. The predicted molar refractivity (Wildman–Crippen MR) is 111 cm³/mol. The van der Waals surface area contributed by atoms with Crippen molar-refractivity contribution < 1.29 is 22.7 Å². The van der Waals surface area contributed by atoms with E-state index in [-0.39, 0.29) is 53.2 Å². The van der Waals surface area contributed by atoms with Crippen molar-refractivity contribution in [2.24, 2.45) is 0 Å². The summed E-state index contributed by atoms with van der Waals surface area (Å²) >= 11 is 6.09. The average Bonchev–Trinajstić information content (AvgIpc) is 2.66. The van der Waals surface area contributed by atoms with Crippen LogP contribution in [0.15, 0.2) is 23.1 Å². The lowest BCUT2D eigenvalue weighted by Gasteiger charge is -2.38. The van der Waals surface area contributed by atoms with Gasteiger partial charge in [0.05, 0.1) is 10.6 Å². The highest BCUT2D eigenvalue weighted by atomic mass is 35.5. The van der Waals surface area contributed by atoms with E-state index in [1.807, 2.05) is 13.8 Å². The van der Waals surface area contributed by atoms with Gasteiger partial charge in [-0.3, -0.25) is 4.79 Å². The van der Waals surface area contributed by atoms with Gasteiger partial charge in [-0.25, -0.2) is 13.2 Å². The minimum atomic E-state index is -3.83. The summed E-state index contributed by atoms with van der Waals surface area (Å²) in [7, 11) is -3.83. The minimum absolute atomic E-state index is 0.0282. The molecule has 29 heavy (non-hydrogen) atoms. The van der Waals surface area contributed by atoms with Gasteiger partial charge in [0, 0.05) is 25.2 Å². The Balaban J connectivity index is 2.15. The van der Waals surface area contributed by atoms with E-state index < -0.39 is 16.0 Å². The third kappa shape index (κ3) is 5.29. The zero-order valence-corrected chi connectivity index (χ0v) is 18.9. The molecule has 1 aliphatic rings. The molecular formula is C20H29ClN2O5S. The molecule has 9 heteroatoms. The summed E-state index contributed by atoms with van der Waals surface area (Å²) in [5.41, 5.74) is 0.0349. The van der Waals surface area contributed by atoms with Gasteiger partial charge in [0.25, 0.3) is 5.91 Å². The second-order valence-corrected chi connectivity index (χ2v) is 9.55. The third-order valence-electron chi connectivity index (χ3n) is 5.30. The van der Waals surface area contributed by atoms with Gasteiger partial charge in [0.15, 0.2) is 6.61 Å². The third-order valence-corrected chi connectivity index (χ3v) is 7.83. The Bertz CT molecular complexity index is 844. The van der Waals surface area contributed by atoms with Gasteiger partial charge in [-0.05, 0) is 51.3 Å². The summed E-state index contributed by atoms with van der Waals surface area (Å²) in [6, 6.07) is 4.15. The largest absolute Gasteiger partial charge is 0.452 e. The molecule has 0 bridgehead atoms. The van der Waals surface area contributed by atoms with Gasteiger partial charge >= 0.3 is 5.97 Å². The van der Waals surface area contributed by atoms with Crippen molar-refractivity contribution in [1.82, 2.24) is 9.21 Å². The lowest BCUT2D eigenvalue weighted by Crippen LogP contribution is -2.49. The summed E-state index contributed by atoms with van der Waals surface area (Å²) in [6.07, 6.45) is 2.92. The number of halogens is 1. The first-order valence-electron chi connectivity index (χ1n) is 9.91. The van der Waals surface area contributed by atoms with Crippen molar-refractivity contribution in [3.8, 4) is 0 Å². The molecule has 7 nitrogen and oxygen atoms in total. The van der Waals surface area contributed by atoms with Crippen LogP contribution in [0, 0.1) is 0 Å². The molecule has 0 N–H and O–H groups in total. The number of nitrogens with zero attached hydrogens (tertiary/aromatic N) is 2. The molecule has 2 rings (SSSR count). The maximum Gasteiger partial charge on any atom is 0.338 e. The van der Waals surface area contributed by atoms with Crippen molar-refractivity contribution in [2.75, 3.05) is 19.7 Å². The number of hydrogen-bond acceptors (Lipinski definition) is 5.